The maximum atomic E-state index is 13.6. The number of hydrogen-bond acceptors (Lipinski definition) is 6. The Morgan fingerprint density at radius 2 is 1.58 bits per heavy atom. The molecule has 0 spiro atoms. The quantitative estimate of drug-likeness (QED) is 0.260. The summed E-state index contributed by atoms with van der Waals surface area (Å²) in [6.45, 7) is -0.200. The van der Waals surface area contributed by atoms with Crippen molar-refractivity contribution in [2.45, 2.75) is 0 Å². The summed E-state index contributed by atoms with van der Waals surface area (Å²) in [5.74, 6) is -0.397. The summed E-state index contributed by atoms with van der Waals surface area (Å²) >= 11 is 0. The SMILES string of the molecule is COc1ccc(OCC(=O)N/N=C\c2ccc(OC(=O)c3ccccc3F)cc2)cc1. The number of nitrogens with zero attached hydrogens (tertiary/aromatic N) is 1. The van der Waals surface area contributed by atoms with E-state index in [1.54, 1.807) is 49.6 Å². The van der Waals surface area contributed by atoms with Gasteiger partial charge in [-0.25, -0.2) is 14.6 Å². The predicted octanol–water partition coefficient (Wildman–Crippen LogP) is 3.58. The number of amides is 1. The Bertz CT molecular complexity index is 1070. The molecule has 7 nitrogen and oxygen atoms in total. The van der Waals surface area contributed by atoms with Crippen LogP contribution in [0.25, 0.3) is 0 Å². The van der Waals surface area contributed by atoms with Crippen molar-refractivity contribution in [1.82, 2.24) is 5.43 Å². The van der Waals surface area contributed by atoms with Crippen LogP contribution in [0.1, 0.15) is 15.9 Å². The first-order valence-electron chi connectivity index (χ1n) is 9.20. The normalized spacial score (nSPS) is 10.5. The largest absolute Gasteiger partial charge is 0.497 e. The first-order chi connectivity index (χ1) is 15.0. The van der Waals surface area contributed by atoms with Gasteiger partial charge < -0.3 is 14.2 Å². The highest BCUT2D eigenvalue weighted by Crippen LogP contribution is 2.17. The lowest BCUT2D eigenvalue weighted by Gasteiger charge is -2.06. The van der Waals surface area contributed by atoms with Crippen LogP contribution in [0.3, 0.4) is 0 Å². The lowest BCUT2D eigenvalue weighted by Crippen LogP contribution is -2.24. The number of ether oxygens (including phenoxy) is 3. The summed E-state index contributed by atoms with van der Waals surface area (Å²) in [5, 5.41) is 3.85. The highest BCUT2D eigenvalue weighted by Gasteiger charge is 2.13. The van der Waals surface area contributed by atoms with Crippen LogP contribution in [0.4, 0.5) is 4.39 Å². The molecule has 0 saturated carbocycles. The van der Waals surface area contributed by atoms with Gasteiger partial charge in [0, 0.05) is 0 Å². The second-order valence-corrected chi connectivity index (χ2v) is 6.20. The monoisotopic (exact) mass is 422 g/mol. The zero-order valence-electron chi connectivity index (χ0n) is 16.6. The summed E-state index contributed by atoms with van der Waals surface area (Å²) in [4.78, 5) is 23.8. The van der Waals surface area contributed by atoms with Gasteiger partial charge in [0.05, 0.1) is 18.9 Å². The van der Waals surface area contributed by atoms with Crippen molar-refractivity contribution in [3.63, 3.8) is 0 Å². The fraction of sp³-hybridized carbons (Fsp3) is 0.0870. The minimum atomic E-state index is -0.788. The van der Waals surface area contributed by atoms with Crippen molar-refractivity contribution in [3.05, 3.63) is 89.7 Å². The summed E-state index contributed by atoms with van der Waals surface area (Å²) in [7, 11) is 1.56. The van der Waals surface area contributed by atoms with Crippen LogP contribution >= 0.6 is 0 Å². The van der Waals surface area contributed by atoms with Crippen LogP contribution in [-0.4, -0.2) is 31.8 Å². The minimum absolute atomic E-state index is 0.146. The summed E-state index contributed by atoms with van der Waals surface area (Å²) in [5.41, 5.74) is 2.86. The van der Waals surface area contributed by atoms with Crippen LogP contribution < -0.4 is 19.6 Å². The van der Waals surface area contributed by atoms with E-state index in [2.05, 4.69) is 10.5 Å². The third-order valence-electron chi connectivity index (χ3n) is 4.02. The summed E-state index contributed by atoms with van der Waals surface area (Å²) in [6, 6.07) is 18.7. The molecule has 3 aromatic carbocycles. The van der Waals surface area contributed by atoms with E-state index in [1.165, 1.54) is 36.5 Å². The number of methoxy groups -OCH3 is 1. The van der Waals surface area contributed by atoms with Gasteiger partial charge >= 0.3 is 5.97 Å². The van der Waals surface area contributed by atoms with E-state index in [4.69, 9.17) is 14.2 Å². The van der Waals surface area contributed by atoms with Gasteiger partial charge in [0.15, 0.2) is 6.61 Å². The van der Waals surface area contributed by atoms with Gasteiger partial charge in [0.1, 0.15) is 23.1 Å². The maximum absolute atomic E-state index is 13.6. The van der Waals surface area contributed by atoms with Gasteiger partial charge in [-0.1, -0.05) is 12.1 Å². The smallest absolute Gasteiger partial charge is 0.346 e. The van der Waals surface area contributed by atoms with Gasteiger partial charge in [-0.05, 0) is 66.2 Å². The number of esters is 1. The molecule has 3 aromatic rings. The number of nitrogens with one attached hydrogen (secondary N) is 1. The molecule has 3 rings (SSSR count). The van der Waals surface area contributed by atoms with Crippen LogP contribution in [0.15, 0.2) is 77.9 Å². The zero-order chi connectivity index (χ0) is 22.1. The fourth-order valence-electron chi connectivity index (χ4n) is 2.44. The van der Waals surface area contributed by atoms with Gasteiger partial charge in [0.2, 0.25) is 0 Å². The molecule has 0 aromatic heterocycles. The standard InChI is InChI=1S/C23H19FN2O5/c1-29-17-10-12-18(13-11-17)30-15-22(27)26-25-14-16-6-8-19(9-7-16)31-23(28)20-4-2-3-5-21(20)24/h2-14H,15H2,1H3,(H,26,27)/b25-14-. The van der Waals surface area contributed by atoms with Crippen molar-refractivity contribution in [2.75, 3.05) is 13.7 Å². The molecule has 0 aliphatic rings. The van der Waals surface area contributed by atoms with E-state index in [0.29, 0.717) is 17.1 Å². The number of hydrogen-bond donors (Lipinski definition) is 1. The Morgan fingerprint density at radius 1 is 0.935 bits per heavy atom. The van der Waals surface area contributed by atoms with Crippen molar-refractivity contribution >= 4 is 18.1 Å². The van der Waals surface area contributed by atoms with E-state index in [9.17, 15) is 14.0 Å². The molecule has 158 valence electrons. The topological polar surface area (TPSA) is 86.2 Å². The zero-order valence-corrected chi connectivity index (χ0v) is 16.6. The van der Waals surface area contributed by atoms with Gasteiger partial charge in [-0.2, -0.15) is 5.10 Å². The number of hydrazone groups is 1. The molecule has 8 heteroatoms. The predicted molar refractivity (Wildman–Crippen MR) is 112 cm³/mol. The minimum Gasteiger partial charge on any atom is -0.497 e. The molecule has 0 heterocycles. The number of carbonyl (C=O) groups is 2. The first-order valence-corrected chi connectivity index (χ1v) is 9.20. The van der Waals surface area contributed by atoms with Crippen molar-refractivity contribution in [2.24, 2.45) is 5.10 Å². The van der Waals surface area contributed by atoms with E-state index in [1.807, 2.05) is 0 Å². The van der Waals surface area contributed by atoms with Gasteiger partial charge in [0.25, 0.3) is 5.91 Å². The molecule has 0 saturated heterocycles. The molecule has 1 N–H and O–H groups in total. The first kappa shape index (κ1) is 21.5. The molecule has 0 atom stereocenters. The van der Waals surface area contributed by atoms with Crippen molar-refractivity contribution < 1.29 is 28.2 Å². The molecule has 0 bridgehead atoms. The second kappa shape index (κ2) is 10.5. The Labute approximate surface area is 178 Å². The molecule has 1 amide bonds. The van der Waals surface area contributed by atoms with Crippen molar-refractivity contribution in [3.8, 4) is 17.2 Å². The third kappa shape index (κ3) is 6.40. The Balaban J connectivity index is 1.46. The average Bonchev–Trinajstić information content (AvgIpc) is 2.79. The van der Waals surface area contributed by atoms with E-state index in [0.717, 1.165) is 0 Å². The number of benzene rings is 3. The van der Waals surface area contributed by atoms with Gasteiger partial charge in [-0.3, -0.25) is 4.79 Å². The van der Waals surface area contributed by atoms with E-state index < -0.39 is 17.7 Å². The lowest BCUT2D eigenvalue weighted by atomic mass is 10.2. The number of halogens is 1. The molecule has 31 heavy (non-hydrogen) atoms. The highest BCUT2D eigenvalue weighted by atomic mass is 19.1. The lowest BCUT2D eigenvalue weighted by molar-refractivity contribution is -0.123. The Morgan fingerprint density at radius 3 is 2.26 bits per heavy atom. The highest BCUT2D eigenvalue weighted by molar-refractivity contribution is 5.91. The van der Waals surface area contributed by atoms with E-state index >= 15 is 0 Å². The van der Waals surface area contributed by atoms with Gasteiger partial charge in [-0.15, -0.1) is 0 Å². The number of rotatable bonds is 8. The van der Waals surface area contributed by atoms with Crippen LogP contribution in [0.2, 0.25) is 0 Å². The van der Waals surface area contributed by atoms with Crippen molar-refractivity contribution in [1.29, 1.82) is 0 Å². The third-order valence-corrected chi connectivity index (χ3v) is 4.02. The molecule has 0 radical (unpaired) electrons. The van der Waals surface area contributed by atoms with Crippen LogP contribution in [0.5, 0.6) is 17.2 Å². The number of carbonyl (C=O) groups excluding carboxylic acids is 2. The molecule has 0 unspecified atom stereocenters. The molecular formula is C23H19FN2O5. The van der Waals surface area contributed by atoms with E-state index in [-0.39, 0.29) is 17.9 Å². The molecule has 0 aliphatic heterocycles. The average molecular weight is 422 g/mol. The maximum Gasteiger partial charge on any atom is 0.346 e. The fourth-order valence-corrected chi connectivity index (χ4v) is 2.44. The Kier molecular flexibility index (Phi) is 7.31. The molecular weight excluding hydrogens is 403 g/mol. The Hall–Kier alpha value is -4.20. The second-order valence-electron chi connectivity index (χ2n) is 6.20. The van der Waals surface area contributed by atoms with Crippen LogP contribution in [-0.2, 0) is 4.79 Å². The summed E-state index contributed by atoms with van der Waals surface area (Å²) < 4.78 is 29.2. The molecule has 0 fully saturated rings. The summed E-state index contributed by atoms with van der Waals surface area (Å²) in [6.07, 6.45) is 1.42. The van der Waals surface area contributed by atoms with Crippen LogP contribution in [0, 0.1) is 5.82 Å². The molecule has 0 aliphatic carbocycles.